The Morgan fingerprint density at radius 3 is 2.00 bits per heavy atom. The van der Waals surface area contributed by atoms with Crippen molar-refractivity contribution in [2.45, 2.75) is 25.9 Å². The van der Waals surface area contributed by atoms with Crippen LogP contribution < -0.4 is 5.32 Å². The van der Waals surface area contributed by atoms with Crippen molar-refractivity contribution in [1.82, 2.24) is 5.32 Å². The predicted octanol–water partition coefficient (Wildman–Crippen LogP) is 3.97. The molecule has 2 aromatic rings. The molecule has 0 saturated heterocycles. The smallest absolute Gasteiger partial charge is 0.253 e. The van der Waals surface area contributed by atoms with Gasteiger partial charge in [0, 0.05) is 11.1 Å². The van der Waals surface area contributed by atoms with Crippen molar-refractivity contribution in [3.63, 3.8) is 0 Å². The van der Waals surface area contributed by atoms with Gasteiger partial charge in [-0.2, -0.15) is 0 Å². The van der Waals surface area contributed by atoms with Gasteiger partial charge in [0.25, 0.3) is 5.91 Å². The highest BCUT2D eigenvalue weighted by atomic mass is 28.4. The summed E-state index contributed by atoms with van der Waals surface area (Å²) in [5.74, 6) is -0.122. The second-order valence-electron chi connectivity index (χ2n) is 5.86. The summed E-state index contributed by atoms with van der Waals surface area (Å²) in [7, 11) is -1.79. The first-order chi connectivity index (χ1) is 9.96. The lowest BCUT2D eigenvalue weighted by atomic mass is 10.1. The van der Waals surface area contributed by atoms with E-state index in [1.807, 2.05) is 48.5 Å². The van der Waals surface area contributed by atoms with Crippen molar-refractivity contribution in [2.24, 2.45) is 0 Å². The summed E-state index contributed by atoms with van der Waals surface area (Å²) in [6.45, 7) is 6.33. The van der Waals surface area contributed by atoms with Gasteiger partial charge in [-0.15, -0.1) is 0 Å². The molecule has 0 radical (unpaired) electrons. The third-order valence-electron chi connectivity index (χ3n) is 2.87. The molecular weight excluding hydrogens is 278 g/mol. The second kappa shape index (κ2) is 6.69. The molecule has 21 heavy (non-hydrogen) atoms. The quantitative estimate of drug-likeness (QED) is 0.670. The highest BCUT2D eigenvalue weighted by Gasteiger charge is 2.24. The lowest BCUT2D eigenvalue weighted by Gasteiger charge is -2.27. The van der Waals surface area contributed by atoms with Crippen molar-refractivity contribution >= 4 is 14.2 Å². The molecule has 0 saturated carbocycles. The van der Waals surface area contributed by atoms with E-state index in [0.29, 0.717) is 5.56 Å². The van der Waals surface area contributed by atoms with Crippen molar-refractivity contribution in [3.05, 3.63) is 71.8 Å². The molecule has 0 spiro atoms. The van der Waals surface area contributed by atoms with Gasteiger partial charge in [-0.1, -0.05) is 48.5 Å². The maximum Gasteiger partial charge on any atom is 0.253 e. The first-order valence-corrected chi connectivity index (χ1v) is 10.5. The zero-order chi connectivity index (χ0) is 15.3. The van der Waals surface area contributed by atoms with Gasteiger partial charge in [0.05, 0.1) is 0 Å². The van der Waals surface area contributed by atoms with Gasteiger partial charge < -0.3 is 9.74 Å². The number of benzene rings is 2. The summed E-state index contributed by atoms with van der Waals surface area (Å²) < 4.78 is 6.12. The van der Waals surface area contributed by atoms with Crippen LogP contribution in [0.25, 0.3) is 0 Å². The summed E-state index contributed by atoms with van der Waals surface area (Å²) >= 11 is 0. The van der Waals surface area contributed by atoms with Crippen LogP contribution in [0.3, 0.4) is 0 Å². The Hall–Kier alpha value is -1.91. The zero-order valence-electron chi connectivity index (χ0n) is 12.7. The Labute approximate surface area is 127 Å². The molecule has 1 amide bonds. The molecule has 1 unspecified atom stereocenters. The largest absolute Gasteiger partial charge is 0.394 e. The first kappa shape index (κ1) is 15.5. The van der Waals surface area contributed by atoms with E-state index in [1.165, 1.54) is 0 Å². The van der Waals surface area contributed by atoms with Gasteiger partial charge in [-0.3, -0.25) is 4.79 Å². The normalized spacial score (nSPS) is 12.7. The van der Waals surface area contributed by atoms with Gasteiger partial charge in [-0.05, 0) is 31.8 Å². The van der Waals surface area contributed by atoms with Crippen molar-refractivity contribution in [1.29, 1.82) is 0 Å². The SMILES string of the molecule is C[Si](C)(C)OC(NC(=O)c1ccccc1)c1ccccc1. The third-order valence-corrected chi connectivity index (χ3v) is 3.81. The van der Waals surface area contributed by atoms with Crippen LogP contribution in [0.4, 0.5) is 0 Å². The molecule has 0 aromatic heterocycles. The number of amides is 1. The predicted molar refractivity (Wildman–Crippen MR) is 87.5 cm³/mol. The van der Waals surface area contributed by atoms with E-state index < -0.39 is 14.5 Å². The summed E-state index contributed by atoms with van der Waals surface area (Å²) in [6.07, 6.45) is -0.412. The van der Waals surface area contributed by atoms with Gasteiger partial charge in [-0.25, -0.2) is 0 Å². The molecule has 0 aliphatic carbocycles. The fourth-order valence-electron chi connectivity index (χ4n) is 1.95. The van der Waals surface area contributed by atoms with Crippen LogP contribution in [0.2, 0.25) is 19.6 Å². The van der Waals surface area contributed by atoms with Crippen molar-refractivity contribution in [3.8, 4) is 0 Å². The summed E-state index contributed by atoms with van der Waals surface area (Å²) in [5, 5.41) is 2.98. The molecular formula is C17H21NO2Si. The lowest BCUT2D eigenvalue weighted by molar-refractivity contribution is 0.0817. The summed E-state index contributed by atoms with van der Waals surface area (Å²) in [6, 6.07) is 19.0. The van der Waals surface area contributed by atoms with Gasteiger partial charge in [0.1, 0.15) is 6.23 Å². The van der Waals surface area contributed by atoms with Crippen LogP contribution in [0, 0.1) is 0 Å². The highest BCUT2D eigenvalue weighted by Crippen LogP contribution is 2.20. The van der Waals surface area contributed by atoms with E-state index in [9.17, 15) is 4.79 Å². The Morgan fingerprint density at radius 1 is 0.952 bits per heavy atom. The molecule has 3 nitrogen and oxygen atoms in total. The third kappa shape index (κ3) is 4.84. The number of hydrogen-bond donors (Lipinski definition) is 1. The van der Waals surface area contributed by atoms with Crippen LogP contribution in [0.1, 0.15) is 22.1 Å². The fourth-order valence-corrected chi connectivity index (χ4v) is 2.86. The standard InChI is InChI=1S/C17H21NO2Si/c1-21(2,3)20-17(15-12-8-5-9-13-15)18-16(19)14-10-6-4-7-11-14/h4-13,17H,1-3H3,(H,18,19). The Bertz CT molecular complexity index is 579. The lowest BCUT2D eigenvalue weighted by Crippen LogP contribution is -2.37. The average Bonchev–Trinajstić information content (AvgIpc) is 2.47. The van der Waals surface area contributed by atoms with Crippen LogP contribution in [-0.2, 0) is 4.43 Å². The van der Waals surface area contributed by atoms with E-state index in [0.717, 1.165) is 5.56 Å². The minimum Gasteiger partial charge on any atom is -0.394 e. The second-order valence-corrected chi connectivity index (χ2v) is 10.3. The molecule has 1 N–H and O–H groups in total. The molecule has 0 fully saturated rings. The van der Waals surface area contributed by atoms with Gasteiger partial charge in [0.2, 0.25) is 0 Å². The molecule has 4 heteroatoms. The molecule has 0 aliphatic heterocycles. The number of carbonyl (C=O) groups is 1. The number of rotatable bonds is 5. The molecule has 1 atom stereocenters. The highest BCUT2D eigenvalue weighted by molar-refractivity contribution is 6.69. The van der Waals surface area contributed by atoms with Gasteiger partial charge in [0.15, 0.2) is 8.32 Å². The maximum absolute atomic E-state index is 12.3. The molecule has 0 bridgehead atoms. The molecule has 0 heterocycles. The number of carbonyl (C=O) groups excluding carboxylic acids is 1. The van der Waals surface area contributed by atoms with Crippen molar-refractivity contribution < 1.29 is 9.22 Å². The van der Waals surface area contributed by atoms with E-state index in [-0.39, 0.29) is 5.91 Å². The summed E-state index contributed by atoms with van der Waals surface area (Å²) in [4.78, 5) is 12.3. The van der Waals surface area contributed by atoms with Gasteiger partial charge >= 0.3 is 0 Å². The van der Waals surface area contributed by atoms with E-state index in [4.69, 9.17) is 4.43 Å². The minimum absolute atomic E-state index is 0.122. The average molecular weight is 299 g/mol. The van der Waals surface area contributed by atoms with Crippen molar-refractivity contribution in [2.75, 3.05) is 0 Å². The fraction of sp³-hybridized carbons (Fsp3) is 0.235. The monoisotopic (exact) mass is 299 g/mol. The molecule has 110 valence electrons. The van der Waals surface area contributed by atoms with Crippen LogP contribution >= 0.6 is 0 Å². The van der Waals surface area contributed by atoms with Crippen LogP contribution in [-0.4, -0.2) is 14.2 Å². The van der Waals surface area contributed by atoms with E-state index in [1.54, 1.807) is 12.1 Å². The molecule has 2 aromatic carbocycles. The Kier molecular flexibility index (Phi) is 4.93. The number of nitrogens with one attached hydrogen (secondary N) is 1. The first-order valence-electron chi connectivity index (χ1n) is 7.04. The molecule has 0 aliphatic rings. The van der Waals surface area contributed by atoms with E-state index >= 15 is 0 Å². The van der Waals surface area contributed by atoms with Crippen LogP contribution in [0.15, 0.2) is 60.7 Å². The van der Waals surface area contributed by atoms with Crippen LogP contribution in [0.5, 0.6) is 0 Å². The van der Waals surface area contributed by atoms with E-state index in [2.05, 4.69) is 25.0 Å². The Balaban J connectivity index is 2.19. The topological polar surface area (TPSA) is 38.3 Å². The summed E-state index contributed by atoms with van der Waals surface area (Å²) in [5.41, 5.74) is 1.60. The zero-order valence-corrected chi connectivity index (χ0v) is 13.7. The minimum atomic E-state index is -1.79. The maximum atomic E-state index is 12.3. The molecule has 2 rings (SSSR count). The number of hydrogen-bond acceptors (Lipinski definition) is 2. The Morgan fingerprint density at radius 2 is 1.48 bits per heavy atom.